The zero-order chi connectivity index (χ0) is 9.64. The molecule has 0 saturated carbocycles. The molecular formula is C8H14O5. The maximum Gasteiger partial charge on any atom is 0.184 e. The lowest BCUT2D eigenvalue weighted by atomic mass is 10.1. The first-order chi connectivity index (χ1) is 6.03. The molecular weight excluding hydrogens is 176 g/mol. The summed E-state index contributed by atoms with van der Waals surface area (Å²) in [4.78, 5) is 0. The van der Waals surface area contributed by atoms with Crippen molar-refractivity contribution >= 4 is 0 Å². The summed E-state index contributed by atoms with van der Waals surface area (Å²) in [5.41, 5.74) is 0. The lowest BCUT2D eigenvalue weighted by molar-refractivity contribution is -0.223. The maximum atomic E-state index is 9.39. The first-order valence-corrected chi connectivity index (χ1v) is 4.33. The predicted molar refractivity (Wildman–Crippen MR) is 41.8 cm³/mol. The fourth-order valence-corrected chi connectivity index (χ4v) is 1.81. The van der Waals surface area contributed by atoms with Gasteiger partial charge in [0.1, 0.15) is 18.3 Å². The van der Waals surface area contributed by atoms with Crippen molar-refractivity contribution in [2.45, 2.75) is 44.2 Å². The topological polar surface area (TPSA) is 68.2 Å². The first kappa shape index (κ1) is 9.36. The van der Waals surface area contributed by atoms with Crippen molar-refractivity contribution in [3.05, 3.63) is 0 Å². The average molecular weight is 190 g/mol. The van der Waals surface area contributed by atoms with Crippen molar-refractivity contribution in [3.63, 3.8) is 0 Å². The molecule has 2 aliphatic heterocycles. The maximum absolute atomic E-state index is 9.39. The minimum atomic E-state index is -0.996. The van der Waals surface area contributed by atoms with E-state index in [2.05, 4.69) is 0 Å². The van der Waals surface area contributed by atoms with Crippen LogP contribution in [0.25, 0.3) is 0 Å². The van der Waals surface area contributed by atoms with E-state index in [1.54, 1.807) is 13.8 Å². The second-order valence-corrected chi connectivity index (χ2v) is 3.81. The molecule has 0 bridgehead atoms. The van der Waals surface area contributed by atoms with Crippen LogP contribution in [0.5, 0.6) is 0 Å². The van der Waals surface area contributed by atoms with Crippen LogP contribution in [0.3, 0.4) is 0 Å². The van der Waals surface area contributed by atoms with Crippen molar-refractivity contribution in [3.8, 4) is 0 Å². The summed E-state index contributed by atoms with van der Waals surface area (Å²) in [6.45, 7) is 3.37. The fourth-order valence-electron chi connectivity index (χ4n) is 1.81. The Labute approximate surface area is 76.2 Å². The number of ether oxygens (including phenoxy) is 3. The first-order valence-electron chi connectivity index (χ1n) is 4.33. The minimum absolute atomic E-state index is 0.169. The molecule has 0 aliphatic carbocycles. The van der Waals surface area contributed by atoms with Gasteiger partial charge in [-0.25, -0.2) is 0 Å². The van der Waals surface area contributed by atoms with Gasteiger partial charge in [-0.15, -0.1) is 0 Å². The molecule has 0 aromatic carbocycles. The third-order valence-corrected chi connectivity index (χ3v) is 2.31. The third-order valence-electron chi connectivity index (χ3n) is 2.31. The molecule has 4 atom stereocenters. The number of rotatable bonds is 1. The molecule has 5 nitrogen and oxygen atoms in total. The summed E-state index contributed by atoms with van der Waals surface area (Å²) in [5, 5.41) is 18.3. The Balaban J connectivity index is 2.12. The van der Waals surface area contributed by atoms with E-state index in [0.29, 0.717) is 0 Å². The van der Waals surface area contributed by atoms with E-state index >= 15 is 0 Å². The highest BCUT2D eigenvalue weighted by molar-refractivity contribution is 4.94. The zero-order valence-corrected chi connectivity index (χ0v) is 7.64. The van der Waals surface area contributed by atoms with Gasteiger partial charge in [0.2, 0.25) is 0 Å². The van der Waals surface area contributed by atoms with E-state index in [1.807, 2.05) is 0 Å². The quantitative estimate of drug-likeness (QED) is 0.567. The second kappa shape index (κ2) is 2.90. The van der Waals surface area contributed by atoms with Gasteiger partial charge in [0, 0.05) is 0 Å². The van der Waals surface area contributed by atoms with Crippen LogP contribution >= 0.6 is 0 Å². The molecule has 2 fully saturated rings. The number of hydrogen-bond acceptors (Lipinski definition) is 5. The molecule has 2 heterocycles. The lowest BCUT2D eigenvalue weighted by Gasteiger charge is -2.21. The van der Waals surface area contributed by atoms with Crippen LogP contribution in [0.4, 0.5) is 0 Å². The average Bonchev–Trinajstić information content (AvgIpc) is 2.47. The van der Waals surface area contributed by atoms with Gasteiger partial charge in [-0.2, -0.15) is 0 Å². The van der Waals surface area contributed by atoms with Crippen LogP contribution in [-0.4, -0.2) is 47.2 Å². The zero-order valence-electron chi connectivity index (χ0n) is 7.64. The minimum Gasteiger partial charge on any atom is -0.394 e. The summed E-state index contributed by atoms with van der Waals surface area (Å²) in [5.74, 6) is -0.701. The van der Waals surface area contributed by atoms with E-state index in [1.165, 1.54) is 0 Å². The Morgan fingerprint density at radius 2 is 1.85 bits per heavy atom. The Morgan fingerprint density at radius 3 is 2.46 bits per heavy atom. The fraction of sp³-hybridized carbons (Fsp3) is 1.00. The van der Waals surface area contributed by atoms with E-state index in [4.69, 9.17) is 19.3 Å². The smallest absolute Gasteiger partial charge is 0.184 e. The third kappa shape index (κ3) is 1.47. The van der Waals surface area contributed by atoms with Gasteiger partial charge < -0.3 is 24.4 Å². The highest BCUT2D eigenvalue weighted by Crippen LogP contribution is 2.37. The molecule has 0 amide bonds. The van der Waals surface area contributed by atoms with E-state index in [-0.39, 0.29) is 12.7 Å². The molecule has 76 valence electrons. The molecule has 2 rings (SSSR count). The molecule has 1 unspecified atom stereocenters. The van der Waals surface area contributed by atoms with Gasteiger partial charge in [0.05, 0.1) is 6.61 Å². The molecule has 0 radical (unpaired) electrons. The van der Waals surface area contributed by atoms with Crippen LogP contribution in [0.2, 0.25) is 0 Å². The largest absolute Gasteiger partial charge is 0.394 e. The van der Waals surface area contributed by atoms with Crippen LogP contribution in [-0.2, 0) is 14.2 Å². The Hall–Kier alpha value is -0.200. The Kier molecular flexibility index (Phi) is 2.08. The van der Waals surface area contributed by atoms with Gasteiger partial charge in [0.15, 0.2) is 12.1 Å². The molecule has 0 spiro atoms. The van der Waals surface area contributed by atoms with Gasteiger partial charge >= 0.3 is 0 Å². The monoisotopic (exact) mass is 190 g/mol. The van der Waals surface area contributed by atoms with Crippen molar-refractivity contribution in [2.24, 2.45) is 0 Å². The molecule has 5 heteroatoms. The molecule has 0 aromatic rings. The van der Waals surface area contributed by atoms with Gasteiger partial charge in [0.25, 0.3) is 0 Å². The normalized spacial score (nSPS) is 48.0. The highest BCUT2D eigenvalue weighted by atomic mass is 16.8. The SMILES string of the molecule is CC1(C)OC2[C@H](O)O[C@H](CO)[C@@H]2O1. The number of fused-ring (bicyclic) bond motifs is 1. The van der Waals surface area contributed by atoms with Crippen molar-refractivity contribution in [1.29, 1.82) is 0 Å². The van der Waals surface area contributed by atoms with Crippen LogP contribution in [0, 0.1) is 0 Å². The molecule has 2 aliphatic rings. The van der Waals surface area contributed by atoms with Gasteiger partial charge in [-0.05, 0) is 13.8 Å². The lowest BCUT2D eigenvalue weighted by Crippen LogP contribution is -2.31. The summed E-state index contributed by atoms with van der Waals surface area (Å²) < 4.78 is 15.9. The van der Waals surface area contributed by atoms with E-state index in [0.717, 1.165) is 0 Å². The van der Waals surface area contributed by atoms with Gasteiger partial charge in [-0.3, -0.25) is 0 Å². The Morgan fingerprint density at radius 1 is 1.23 bits per heavy atom. The number of aliphatic hydroxyl groups excluding tert-OH is 2. The van der Waals surface area contributed by atoms with Crippen LogP contribution in [0.15, 0.2) is 0 Å². The van der Waals surface area contributed by atoms with E-state index < -0.39 is 24.3 Å². The van der Waals surface area contributed by atoms with E-state index in [9.17, 15) is 5.11 Å². The molecule has 0 aromatic heterocycles. The molecule has 2 N–H and O–H groups in total. The Bertz CT molecular complexity index is 205. The summed E-state index contributed by atoms with van der Waals surface area (Å²) in [6, 6.07) is 0. The van der Waals surface area contributed by atoms with Gasteiger partial charge in [-0.1, -0.05) is 0 Å². The standard InChI is InChI=1S/C8H14O5/c1-8(2)12-5-4(3-9)11-7(10)6(5)13-8/h4-7,9-10H,3H2,1-2H3/t4-,5+,6?,7-/m1/s1. The number of hydrogen-bond donors (Lipinski definition) is 2. The highest BCUT2D eigenvalue weighted by Gasteiger charge is 2.54. The predicted octanol–water partition coefficient (Wildman–Crippen LogP) is -0.784. The number of aliphatic hydroxyl groups is 2. The summed E-state index contributed by atoms with van der Waals surface area (Å²) in [7, 11) is 0. The van der Waals surface area contributed by atoms with Crippen molar-refractivity contribution in [1.82, 2.24) is 0 Å². The van der Waals surface area contributed by atoms with Crippen molar-refractivity contribution < 1.29 is 24.4 Å². The molecule has 2 saturated heterocycles. The van der Waals surface area contributed by atoms with Crippen molar-refractivity contribution in [2.75, 3.05) is 6.61 Å². The summed E-state index contributed by atoms with van der Waals surface area (Å²) >= 11 is 0. The summed E-state index contributed by atoms with van der Waals surface area (Å²) in [6.07, 6.45) is -2.33. The van der Waals surface area contributed by atoms with Crippen LogP contribution < -0.4 is 0 Å². The van der Waals surface area contributed by atoms with Crippen LogP contribution in [0.1, 0.15) is 13.8 Å². The molecule has 13 heavy (non-hydrogen) atoms. The second-order valence-electron chi connectivity index (χ2n) is 3.81.